The minimum atomic E-state index is 0.124. The molecule has 3 rings (SSSR count). The molecule has 0 saturated heterocycles. The molecule has 0 aliphatic rings. The quantitative estimate of drug-likeness (QED) is 0.726. The van der Waals surface area contributed by atoms with Gasteiger partial charge in [0, 0.05) is 17.2 Å². The molecule has 0 fully saturated rings. The van der Waals surface area contributed by atoms with Crippen molar-refractivity contribution in [3.05, 3.63) is 65.5 Å². The second-order valence-electron chi connectivity index (χ2n) is 5.57. The molecule has 0 aliphatic heterocycles. The molecule has 0 aliphatic carbocycles. The van der Waals surface area contributed by atoms with E-state index in [1.54, 1.807) is 13.3 Å². The van der Waals surface area contributed by atoms with E-state index < -0.39 is 0 Å². The third kappa shape index (κ3) is 3.37. The van der Waals surface area contributed by atoms with Gasteiger partial charge in [-0.15, -0.1) is 0 Å². The number of methoxy groups -OCH3 is 1. The lowest BCUT2D eigenvalue weighted by Gasteiger charge is -2.07. The summed E-state index contributed by atoms with van der Waals surface area (Å²) < 4.78 is 5.13. The van der Waals surface area contributed by atoms with Gasteiger partial charge >= 0.3 is 0 Å². The van der Waals surface area contributed by atoms with Gasteiger partial charge in [-0.05, 0) is 30.2 Å². The molecule has 0 atom stereocenters. The standard InChI is InChI=1S/C19H18N2O2/c1-13-4-3-5-17-18(13)12-20-21-19(17)11-15(22)10-14-6-8-16(23-2)9-7-14/h3-9,12H,10-11H2,1-2H3. The van der Waals surface area contributed by atoms with Crippen molar-refractivity contribution in [3.8, 4) is 5.75 Å². The van der Waals surface area contributed by atoms with Gasteiger partial charge in [-0.1, -0.05) is 30.3 Å². The molecule has 23 heavy (non-hydrogen) atoms. The molecule has 1 aromatic heterocycles. The van der Waals surface area contributed by atoms with Gasteiger partial charge < -0.3 is 4.74 Å². The Morgan fingerprint density at radius 2 is 1.83 bits per heavy atom. The highest BCUT2D eigenvalue weighted by molar-refractivity contribution is 5.91. The van der Waals surface area contributed by atoms with Crippen LogP contribution in [-0.2, 0) is 17.6 Å². The van der Waals surface area contributed by atoms with E-state index in [2.05, 4.69) is 10.2 Å². The van der Waals surface area contributed by atoms with E-state index in [0.717, 1.165) is 33.3 Å². The van der Waals surface area contributed by atoms with Gasteiger partial charge in [0.05, 0.1) is 25.4 Å². The maximum absolute atomic E-state index is 12.4. The van der Waals surface area contributed by atoms with E-state index in [0.29, 0.717) is 12.8 Å². The van der Waals surface area contributed by atoms with Crippen molar-refractivity contribution in [3.63, 3.8) is 0 Å². The Balaban J connectivity index is 1.78. The molecule has 2 aromatic carbocycles. The third-order valence-corrected chi connectivity index (χ3v) is 3.93. The molecule has 116 valence electrons. The summed E-state index contributed by atoms with van der Waals surface area (Å²) in [6.45, 7) is 2.03. The van der Waals surface area contributed by atoms with Crippen molar-refractivity contribution in [2.24, 2.45) is 0 Å². The van der Waals surface area contributed by atoms with Crippen LogP contribution in [0.25, 0.3) is 10.8 Å². The summed E-state index contributed by atoms with van der Waals surface area (Å²) in [5, 5.41) is 10.3. The second-order valence-corrected chi connectivity index (χ2v) is 5.57. The number of aromatic nitrogens is 2. The molecule has 0 spiro atoms. The highest BCUT2D eigenvalue weighted by Gasteiger charge is 2.11. The number of nitrogens with zero attached hydrogens (tertiary/aromatic N) is 2. The highest BCUT2D eigenvalue weighted by atomic mass is 16.5. The maximum atomic E-state index is 12.4. The topological polar surface area (TPSA) is 52.1 Å². The number of ether oxygens (including phenoxy) is 1. The Kier molecular flexibility index (Phi) is 4.33. The molecule has 0 N–H and O–H groups in total. The average Bonchev–Trinajstić information content (AvgIpc) is 2.56. The highest BCUT2D eigenvalue weighted by Crippen LogP contribution is 2.20. The minimum Gasteiger partial charge on any atom is -0.497 e. The van der Waals surface area contributed by atoms with Crippen LogP contribution >= 0.6 is 0 Å². The number of carbonyl (C=O) groups is 1. The lowest BCUT2D eigenvalue weighted by atomic mass is 10.0. The predicted molar refractivity (Wildman–Crippen MR) is 89.7 cm³/mol. The predicted octanol–water partition coefficient (Wildman–Crippen LogP) is 3.30. The SMILES string of the molecule is COc1ccc(CC(=O)Cc2nncc3c(C)cccc23)cc1. The lowest BCUT2D eigenvalue weighted by Crippen LogP contribution is -2.09. The van der Waals surface area contributed by atoms with Crippen LogP contribution in [0.5, 0.6) is 5.75 Å². The van der Waals surface area contributed by atoms with Gasteiger partial charge in [0.15, 0.2) is 0 Å². The summed E-state index contributed by atoms with van der Waals surface area (Å²) in [5.41, 5.74) is 2.85. The monoisotopic (exact) mass is 306 g/mol. The number of rotatable bonds is 5. The Morgan fingerprint density at radius 3 is 2.57 bits per heavy atom. The fourth-order valence-electron chi connectivity index (χ4n) is 2.66. The zero-order chi connectivity index (χ0) is 16.2. The number of Topliss-reactive ketones (excluding diaryl/α,β-unsaturated/α-hetero) is 1. The summed E-state index contributed by atoms with van der Waals surface area (Å²) in [7, 11) is 1.63. The van der Waals surface area contributed by atoms with Crippen LogP contribution in [0.2, 0.25) is 0 Å². The first-order chi connectivity index (χ1) is 11.2. The number of benzene rings is 2. The number of fused-ring (bicyclic) bond motifs is 1. The van der Waals surface area contributed by atoms with E-state index in [9.17, 15) is 4.79 Å². The zero-order valence-electron chi connectivity index (χ0n) is 13.2. The molecular formula is C19H18N2O2. The van der Waals surface area contributed by atoms with Crippen LogP contribution in [0, 0.1) is 6.92 Å². The number of ketones is 1. The van der Waals surface area contributed by atoms with Crippen molar-refractivity contribution in [2.45, 2.75) is 19.8 Å². The molecular weight excluding hydrogens is 288 g/mol. The van der Waals surface area contributed by atoms with Crippen LogP contribution in [0.1, 0.15) is 16.8 Å². The van der Waals surface area contributed by atoms with Crippen LogP contribution in [0.15, 0.2) is 48.7 Å². The first-order valence-electron chi connectivity index (χ1n) is 7.52. The minimum absolute atomic E-state index is 0.124. The second kappa shape index (κ2) is 6.57. The van der Waals surface area contributed by atoms with Crippen LogP contribution in [0.4, 0.5) is 0 Å². The molecule has 1 heterocycles. The molecule has 0 bridgehead atoms. The Labute approximate surface area is 135 Å². The third-order valence-electron chi connectivity index (χ3n) is 3.93. The number of carbonyl (C=O) groups excluding carboxylic acids is 1. The van der Waals surface area contributed by atoms with Gasteiger partial charge in [0.25, 0.3) is 0 Å². The van der Waals surface area contributed by atoms with E-state index in [1.807, 2.05) is 49.4 Å². The van der Waals surface area contributed by atoms with Crippen molar-refractivity contribution >= 4 is 16.6 Å². The maximum Gasteiger partial charge on any atom is 0.143 e. The number of hydrogen-bond donors (Lipinski definition) is 0. The summed E-state index contributed by atoms with van der Waals surface area (Å²) in [6.07, 6.45) is 2.43. The molecule has 4 nitrogen and oxygen atoms in total. The molecule has 4 heteroatoms. The average molecular weight is 306 g/mol. The molecule has 0 radical (unpaired) electrons. The van der Waals surface area contributed by atoms with E-state index in [4.69, 9.17) is 4.74 Å². The molecule has 0 unspecified atom stereocenters. The summed E-state index contributed by atoms with van der Waals surface area (Å²) in [5.74, 6) is 0.912. The van der Waals surface area contributed by atoms with Crippen molar-refractivity contribution < 1.29 is 9.53 Å². The fourth-order valence-corrected chi connectivity index (χ4v) is 2.66. The molecule has 3 aromatic rings. The van der Waals surface area contributed by atoms with E-state index in [-0.39, 0.29) is 5.78 Å². The van der Waals surface area contributed by atoms with Gasteiger partial charge in [0.1, 0.15) is 11.5 Å². The first kappa shape index (κ1) is 15.2. The zero-order valence-corrected chi connectivity index (χ0v) is 13.2. The normalized spacial score (nSPS) is 10.7. The van der Waals surface area contributed by atoms with Gasteiger partial charge in [0.2, 0.25) is 0 Å². The summed E-state index contributed by atoms with van der Waals surface area (Å²) in [6, 6.07) is 13.6. The van der Waals surface area contributed by atoms with Crippen molar-refractivity contribution in [1.82, 2.24) is 10.2 Å². The largest absolute Gasteiger partial charge is 0.497 e. The smallest absolute Gasteiger partial charge is 0.143 e. The van der Waals surface area contributed by atoms with Crippen LogP contribution < -0.4 is 4.74 Å². The van der Waals surface area contributed by atoms with Crippen LogP contribution in [-0.4, -0.2) is 23.1 Å². The molecule has 0 amide bonds. The lowest BCUT2D eigenvalue weighted by molar-refractivity contribution is -0.117. The van der Waals surface area contributed by atoms with Crippen molar-refractivity contribution in [1.29, 1.82) is 0 Å². The van der Waals surface area contributed by atoms with E-state index >= 15 is 0 Å². The Hall–Kier alpha value is -2.75. The first-order valence-corrected chi connectivity index (χ1v) is 7.52. The van der Waals surface area contributed by atoms with Crippen LogP contribution in [0.3, 0.4) is 0 Å². The Morgan fingerprint density at radius 1 is 1.04 bits per heavy atom. The Bertz CT molecular complexity index is 842. The summed E-state index contributed by atoms with van der Waals surface area (Å²) in [4.78, 5) is 12.4. The van der Waals surface area contributed by atoms with Gasteiger partial charge in [-0.2, -0.15) is 10.2 Å². The fraction of sp³-hybridized carbons (Fsp3) is 0.211. The van der Waals surface area contributed by atoms with Gasteiger partial charge in [-0.3, -0.25) is 4.79 Å². The number of hydrogen-bond acceptors (Lipinski definition) is 4. The van der Waals surface area contributed by atoms with E-state index in [1.165, 1.54) is 0 Å². The van der Waals surface area contributed by atoms with Gasteiger partial charge in [-0.25, -0.2) is 0 Å². The van der Waals surface area contributed by atoms with Crippen molar-refractivity contribution in [2.75, 3.05) is 7.11 Å². The molecule has 0 saturated carbocycles. The number of aryl methyl sites for hydroxylation is 1. The summed E-state index contributed by atoms with van der Waals surface area (Å²) >= 11 is 0.